The van der Waals surface area contributed by atoms with E-state index in [9.17, 15) is 18.0 Å². The van der Waals surface area contributed by atoms with E-state index < -0.39 is 28.9 Å². The Morgan fingerprint density at radius 2 is 1.84 bits per heavy atom. The van der Waals surface area contributed by atoms with Crippen molar-refractivity contribution >= 4 is 17.5 Å². The van der Waals surface area contributed by atoms with Crippen LogP contribution in [0.4, 0.5) is 13.2 Å². The molecular formula is C13H13ClF3NO. The predicted molar refractivity (Wildman–Crippen MR) is 65.7 cm³/mol. The van der Waals surface area contributed by atoms with E-state index in [1.165, 1.54) is 4.90 Å². The van der Waals surface area contributed by atoms with Crippen LogP contribution in [0, 0.1) is 17.5 Å². The van der Waals surface area contributed by atoms with Gasteiger partial charge in [0.05, 0.1) is 0 Å². The number of carbonyl (C=O) groups excluding carboxylic acids is 1. The molecule has 0 N–H and O–H groups in total. The summed E-state index contributed by atoms with van der Waals surface area (Å²) in [6.45, 7) is 0.224. The zero-order valence-electron chi connectivity index (χ0n) is 10.1. The highest BCUT2D eigenvalue weighted by molar-refractivity contribution is 6.18. The molecule has 104 valence electrons. The van der Waals surface area contributed by atoms with Gasteiger partial charge >= 0.3 is 0 Å². The summed E-state index contributed by atoms with van der Waals surface area (Å²) in [5, 5.41) is 0. The smallest absolute Gasteiger partial charge is 0.260 e. The summed E-state index contributed by atoms with van der Waals surface area (Å²) in [6, 6.07) is 0.987. The summed E-state index contributed by atoms with van der Waals surface area (Å²) in [5.41, 5.74) is -0.710. The first-order valence-electron chi connectivity index (χ1n) is 6.06. The molecule has 1 aromatic carbocycles. The van der Waals surface area contributed by atoms with Crippen LogP contribution in [0.25, 0.3) is 0 Å². The fourth-order valence-corrected chi connectivity index (χ4v) is 2.31. The third kappa shape index (κ3) is 2.86. The van der Waals surface area contributed by atoms with Gasteiger partial charge in [0.1, 0.15) is 23.0 Å². The van der Waals surface area contributed by atoms with Gasteiger partial charge < -0.3 is 4.90 Å². The lowest BCUT2D eigenvalue weighted by atomic mass is 9.91. The topological polar surface area (TPSA) is 20.3 Å². The Kier molecular flexibility index (Phi) is 4.34. The third-order valence-corrected chi connectivity index (χ3v) is 3.49. The molecule has 1 aromatic rings. The number of hydrogen-bond acceptors (Lipinski definition) is 1. The molecule has 1 fully saturated rings. The predicted octanol–water partition coefficient (Wildman–Crippen LogP) is 3.34. The molecule has 0 unspecified atom stereocenters. The molecule has 1 aliphatic carbocycles. The maximum absolute atomic E-state index is 13.6. The van der Waals surface area contributed by atoms with Crippen molar-refractivity contribution in [2.75, 3.05) is 12.4 Å². The number of carbonyl (C=O) groups is 1. The van der Waals surface area contributed by atoms with Crippen molar-refractivity contribution in [3.8, 4) is 0 Å². The number of alkyl halides is 1. The standard InChI is InChI=1S/C13H13ClF3NO/c14-4-5-18(9-2-1-3-9)13(19)12-10(16)6-8(15)7-11(12)17/h6-7,9H,1-5H2. The van der Waals surface area contributed by atoms with Gasteiger partial charge in [-0.2, -0.15) is 0 Å². The maximum Gasteiger partial charge on any atom is 0.260 e. The van der Waals surface area contributed by atoms with Crippen LogP contribution in [0.5, 0.6) is 0 Å². The molecule has 0 saturated heterocycles. The second-order valence-corrected chi connectivity index (χ2v) is 4.89. The number of nitrogens with zero attached hydrogens (tertiary/aromatic N) is 1. The average molecular weight is 292 g/mol. The van der Waals surface area contributed by atoms with Gasteiger partial charge in [0, 0.05) is 30.6 Å². The van der Waals surface area contributed by atoms with Gasteiger partial charge in [0.2, 0.25) is 0 Å². The summed E-state index contributed by atoms with van der Waals surface area (Å²) < 4.78 is 40.0. The first kappa shape index (κ1) is 14.2. The Bertz CT molecular complexity index is 468. The lowest BCUT2D eigenvalue weighted by Gasteiger charge is -2.37. The van der Waals surface area contributed by atoms with Crippen molar-refractivity contribution < 1.29 is 18.0 Å². The molecule has 1 saturated carbocycles. The minimum absolute atomic E-state index is 0.0323. The van der Waals surface area contributed by atoms with Crippen molar-refractivity contribution in [2.45, 2.75) is 25.3 Å². The van der Waals surface area contributed by atoms with Crippen LogP contribution in [0.15, 0.2) is 12.1 Å². The minimum Gasteiger partial charge on any atom is -0.334 e. The zero-order chi connectivity index (χ0) is 14.0. The highest BCUT2D eigenvalue weighted by Crippen LogP contribution is 2.27. The Labute approximate surface area is 114 Å². The summed E-state index contributed by atoms with van der Waals surface area (Å²) in [5.74, 6) is -3.98. The van der Waals surface area contributed by atoms with Crippen molar-refractivity contribution in [1.29, 1.82) is 0 Å². The average Bonchev–Trinajstić information content (AvgIpc) is 2.24. The molecule has 2 nitrogen and oxygen atoms in total. The molecule has 19 heavy (non-hydrogen) atoms. The van der Waals surface area contributed by atoms with Gasteiger partial charge in [0.15, 0.2) is 0 Å². The SMILES string of the molecule is O=C(c1c(F)cc(F)cc1F)N(CCCl)C1CCC1. The number of amides is 1. The molecular weight excluding hydrogens is 279 g/mol. The molecule has 0 heterocycles. The fraction of sp³-hybridized carbons (Fsp3) is 0.462. The third-order valence-electron chi connectivity index (χ3n) is 3.32. The van der Waals surface area contributed by atoms with Crippen molar-refractivity contribution in [3.05, 3.63) is 35.1 Å². The number of hydrogen-bond donors (Lipinski definition) is 0. The van der Waals surface area contributed by atoms with E-state index >= 15 is 0 Å². The summed E-state index contributed by atoms with van der Waals surface area (Å²) >= 11 is 5.62. The minimum atomic E-state index is -1.18. The molecule has 0 aromatic heterocycles. The molecule has 0 radical (unpaired) electrons. The quantitative estimate of drug-likeness (QED) is 0.779. The highest BCUT2D eigenvalue weighted by atomic mass is 35.5. The molecule has 2 rings (SSSR count). The van der Waals surface area contributed by atoms with Crippen LogP contribution in [0.2, 0.25) is 0 Å². The van der Waals surface area contributed by atoms with Crippen LogP contribution in [-0.2, 0) is 0 Å². The lowest BCUT2D eigenvalue weighted by Crippen LogP contribution is -2.45. The molecule has 0 bridgehead atoms. The van der Waals surface area contributed by atoms with E-state index in [1.807, 2.05) is 0 Å². The first-order valence-corrected chi connectivity index (χ1v) is 6.59. The number of halogens is 4. The second-order valence-electron chi connectivity index (χ2n) is 4.52. The summed E-state index contributed by atoms with van der Waals surface area (Å²) in [7, 11) is 0. The fourth-order valence-electron chi connectivity index (χ4n) is 2.13. The normalized spacial score (nSPS) is 15.2. The van der Waals surface area contributed by atoms with E-state index in [4.69, 9.17) is 11.6 Å². The monoisotopic (exact) mass is 291 g/mol. The zero-order valence-corrected chi connectivity index (χ0v) is 10.9. The molecule has 6 heteroatoms. The molecule has 0 spiro atoms. The Balaban J connectivity index is 2.31. The van der Waals surface area contributed by atoms with Crippen LogP contribution in [0.1, 0.15) is 29.6 Å². The Morgan fingerprint density at radius 1 is 1.26 bits per heavy atom. The van der Waals surface area contributed by atoms with E-state index in [1.54, 1.807) is 0 Å². The Hall–Kier alpha value is -1.23. The van der Waals surface area contributed by atoms with Gasteiger partial charge in [0.25, 0.3) is 5.91 Å². The van der Waals surface area contributed by atoms with Crippen LogP contribution in [-0.4, -0.2) is 29.3 Å². The second kappa shape index (κ2) is 5.82. The van der Waals surface area contributed by atoms with Gasteiger partial charge in [-0.15, -0.1) is 11.6 Å². The van der Waals surface area contributed by atoms with E-state index in [0.29, 0.717) is 12.1 Å². The van der Waals surface area contributed by atoms with Crippen molar-refractivity contribution in [2.24, 2.45) is 0 Å². The Morgan fingerprint density at radius 3 is 2.26 bits per heavy atom. The first-order chi connectivity index (χ1) is 9.04. The molecule has 1 amide bonds. The molecule has 1 aliphatic rings. The molecule has 0 aliphatic heterocycles. The van der Waals surface area contributed by atoms with Crippen LogP contribution in [0.3, 0.4) is 0 Å². The lowest BCUT2D eigenvalue weighted by molar-refractivity contribution is 0.0588. The van der Waals surface area contributed by atoms with Crippen molar-refractivity contribution in [1.82, 2.24) is 4.90 Å². The van der Waals surface area contributed by atoms with Gasteiger partial charge in [-0.05, 0) is 19.3 Å². The van der Waals surface area contributed by atoms with Gasteiger partial charge in [-0.3, -0.25) is 4.79 Å². The van der Waals surface area contributed by atoms with Crippen molar-refractivity contribution in [3.63, 3.8) is 0 Å². The molecule has 0 atom stereocenters. The van der Waals surface area contributed by atoms with E-state index in [-0.39, 0.29) is 18.5 Å². The van der Waals surface area contributed by atoms with E-state index in [2.05, 4.69) is 0 Å². The number of rotatable bonds is 4. The van der Waals surface area contributed by atoms with E-state index in [0.717, 1.165) is 19.3 Å². The van der Waals surface area contributed by atoms with Gasteiger partial charge in [-0.25, -0.2) is 13.2 Å². The summed E-state index contributed by atoms with van der Waals surface area (Å²) in [6.07, 6.45) is 2.57. The van der Waals surface area contributed by atoms with Crippen LogP contribution >= 0.6 is 11.6 Å². The van der Waals surface area contributed by atoms with Crippen LogP contribution < -0.4 is 0 Å². The largest absolute Gasteiger partial charge is 0.334 e. The number of benzene rings is 1. The van der Waals surface area contributed by atoms with Gasteiger partial charge in [-0.1, -0.05) is 0 Å². The summed E-state index contributed by atoms with van der Waals surface area (Å²) in [4.78, 5) is 13.6. The highest BCUT2D eigenvalue weighted by Gasteiger charge is 2.32. The maximum atomic E-state index is 13.6.